The van der Waals surface area contributed by atoms with Crippen LogP contribution in [-0.2, 0) is 6.54 Å². The molecule has 4 nitrogen and oxygen atoms in total. The summed E-state index contributed by atoms with van der Waals surface area (Å²) < 4.78 is 11.0. The molecule has 0 aliphatic carbocycles. The number of hydrogen-bond donors (Lipinski definition) is 1. The summed E-state index contributed by atoms with van der Waals surface area (Å²) in [4.78, 5) is 0. The number of nitrogens with one attached hydrogen (secondary N) is 1. The van der Waals surface area contributed by atoms with Crippen molar-refractivity contribution in [1.82, 2.24) is 5.43 Å². The van der Waals surface area contributed by atoms with Gasteiger partial charge in [0.1, 0.15) is 0 Å². The van der Waals surface area contributed by atoms with E-state index < -0.39 is 0 Å². The maximum absolute atomic E-state index is 6.28. The molecule has 0 amide bonds. The van der Waals surface area contributed by atoms with Crippen LogP contribution in [0.1, 0.15) is 24.5 Å². The van der Waals surface area contributed by atoms with Crippen molar-refractivity contribution in [3.63, 3.8) is 0 Å². The third-order valence-corrected chi connectivity index (χ3v) is 4.31. The minimum absolute atomic E-state index is 0.414. The summed E-state index contributed by atoms with van der Waals surface area (Å²) in [5.41, 5.74) is 4.50. The molecule has 0 fully saturated rings. The van der Waals surface area contributed by atoms with Crippen molar-refractivity contribution >= 4 is 41.0 Å². The number of hydrogen-bond acceptors (Lipinski definition) is 4. The van der Waals surface area contributed by atoms with Crippen molar-refractivity contribution in [2.75, 3.05) is 13.7 Å². The summed E-state index contributed by atoms with van der Waals surface area (Å²) in [5.74, 6) is 1.11. The first kappa shape index (κ1) is 19.7. The summed E-state index contributed by atoms with van der Waals surface area (Å²) in [5, 5.41) is 5.85. The maximum Gasteiger partial charge on any atom is 0.179 e. The van der Waals surface area contributed by atoms with Gasteiger partial charge in [0.15, 0.2) is 11.5 Å². The Balaban J connectivity index is 2.07. The Morgan fingerprint density at radius 2 is 1.84 bits per heavy atom. The van der Waals surface area contributed by atoms with Gasteiger partial charge in [-0.3, -0.25) is 0 Å². The fourth-order valence-corrected chi connectivity index (χ4v) is 2.91. The molecule has 0 saturated carbocycles. The van der Waals surface area contributed by atoms with Crippen LogP contribution >= 0.6 is 34.8 Å². The van der Waals surface area contributed by atoms with Gasteiger partial charge in [0.2, 0.25) is 0 Å². The van der Waals surface area contributed by atoms with E-state index >= 15 is 0 Å². The molecule has 0 aromatic heterocycles. The lowest BCUT2D eigenvalue weighted by Crippen LogP contribution is -2.07. The number of methoxy groups -OCH3 is 1. The fraction of sp³-hybridized carbons (Fsp3) is 0.278. The maximum atomic E-state index is 6.28. The third-order valence-electron chi connectivity index (χ3n) is 3.32. The van der Waals surface area contributed by atoms with E-state index in [1.54, 1.807) is 37.6 Å². The van der Waals surface area contributed by atoms with Crippen LogP contribution in [-0.4, -0.2) is 19.9 Å². The summed E-state index contributed by atoms with van der Waals surface area (Å²) in [6.45, 7) is 3.01. The van der Waals surface area contributed by atoms with E-state index in [1.165, 1.54) is 0 Å². The van der Waals surface area contributed by atoms with E-state index in [-0.39, 0.29) is 0 Å². The molecule has 0 saturated heterocycles. The molecule has 134 valence electrons. The molecule has 1 N–H and O–H groups in total. The summed E-state index contributed by atoms with van der Waals surface area (Å²) in [6, 6.07) is 8.95. The van der Waals surface area contributed by atoms with Crippen LogP contribution < -0.4 is 14.9 Å². The lowest BCUT2D eigenvalue weighted by Gasteiger charge is -2.12. The Morgan fingerprint density at radius 1 is 1.12 bits per heavy atom. The fourth-order valence-electron chi connectivity index (χ4n) is 2.10. The second kappa shape index (κ2) is 9.76. The summed E-state index contributed by atoms with van der Waals surface area (Å²) >= 11 is 18.5. The lowest BCUT2D eigenvalue weighted by atomic mass is 10.2. The molecule has 0 spiro atoms. The Kier molecular flexibility index (Phi) is 7.69. The highest BCUT2D eigenvalue weighted by atomic mass is 35.5. The van der Waals surface area contributed by atoms with E-state index in [2.05, 4.69) is 10.5 Å². The molecule has 0 bridgehead atoms. The standard InChI is InChI=1S/C18H19Cl3N2O2/c1-3-7-25-18-16(21)8-12(9-17(18)24-2)10-22-23-11-13-14(19)5-4-6-15(13)20/h4-6,8-10,23H,3,7,11H2,1-2H3/b22-10+. The van der Waals surface area contributed by atoms with Gasteiger partial charge in [0.25, 0.3) is 0 Å². The third kappa shape index (κ3) is 5.43. The van der Waals surface area contributed by atoms with Crippen molar-refractivity contribution in [1.29, 1.82) is 0 Å². The highest BCUT2D eigenvalue weighted by Crippen LogP contribution is 2.36. The van der Waals surface area contributed by atoms with Crippen LogP contribution in [0.4, 0.5) is 0 Å². The second-order valence-electron chi connectivity index (χ2n) is 5.18. The Labute approximate surface area is 162 Å². The van der Waals surface area contributed by atoms with Gasteiger partial charge in [0.05, 0.1) is 31.5 Å². The molecule has 0 unspecified atom stereocenters. The molecule has 7 heteroatoms. The second-order valence-corrected chi connectivity index (χ2v) is 6.40. The average Bonchev–Trinajstić information content (AvgIpc) is 2.59. The number of benzene rings is 2. The van der Waals surface area contributed by atoms with Crippen LogP contribution in [0, 0.1) is 0 Å². The average molecular weight is 402 g/mol. The highest BCUT2D eigenvalue weighted by Gasteiger charge is 2.11. The zero-order valence-electron chi connectivity index (χ0n) is 14.0. The number of halogens is 3. The Morgan fingerprint density at radius 3 is 2.48 bits per heavy atom. The first-order chi connectivity index (χ1) is 12.1. The minimum Gasteiger partial charge on any atom is -0.493 e. The molecular formula is C18H19Cl3N2O2. The normalized spacial score (nSPS) is 10.9. The molecule has 2 aromatic rings. The smallest absolute Gasteiger partial charge is 0.179 e. The monoisotopic (exact) mass is 400 g/mol. The van der Waals surface area contributed by atoms with Crippen molar-refractivity contribution in [2.45, 2.75) is 19.9 Å². The topological polar surface area (TPSA) is 42.8 Å². The molecule has 0 heterocycles. The largest absolute Gasteiger partial charge is 0.493 e. The molecule has 0 aliphatic heterocycles. The van der Waals surface area contributed by atoms with Crippen LogP contribution in [0.3, 0.4) is 0 Å². The number of ether oxygens (including phenoxy) is 2. The van der Waals surface area contributed by atoms with E-state index in [0.717, 1.165) is 17.5 Å². The first-order valence-corrected chi connectivity index (χ1v) is 8.89. The van der Waals surface area contributed by atoms with Crippen LogP contribution in [0.25, 0.3) is 0 Å². The lowest BCUT2D eigenvalue weighted by molar-refractivity contribution is 0.294. The van der Waals surface area contributed by atoms with Gasteiger partial charge in [-0.1, -0.05) is 47.8 Å². The van der Waals surface area contributed by atoms with Crippen LogP contribution in [0.5, 0.6) is 11.5 Å². The number of nitrogens with zero attached hydrogens (tertiary/aromatic N) is 1. The predicted molar refractivity (Wildman–Crippen MR) is 105 cm³/mol. The zero-order valence-corrected chi connectivity index (χ0v) is 16.3. The minimum atomic E-state index is 0.414. The number of hydrazone groups is 1. The van der Waals surface area contributed by atoms with Crippen LogP contribution in [0.2, 0.25) is 15.1 Å². The van der Waals surface area contributed by atoms with Gasteiger partial charge in [-0.2, -0.15) is 5.10 Å². The van der Waals surface area contributed by atoms with Gasteiger partial charge in [-0.25, -0.2) is 0 Å². The van der Waals surface area contributed by atoms with Crippen molar-refractivity contribution in [3.8, 4) is 11.5 Å². The quantitative estimate of drug-likeness (QED) is 0.464. The Hall–Kier alpha value is -1.62. The van der Waals surface area contributed by atoms with Crippen molar-refractivity contribution in [3.05, 3.63) is 56.5 Å². The highest BCUT2D eigenvalue weighted by molar-refractivity contribution is 6.36. The molecule has 25 heavy (non-hydrogen) atoms. The van der Waals surface area contributed by atoms with E-state index in [0.29, 0.717) is 39.7 Å². The molecule has 0 aliphatic rings. The predicted octanol–water partition coefficient (Wildman–Crippen LogP) is 5.57. The SMILES string of the molecule is CCCOc1c(Cl)cc(/C=N/NCc2c(Cl)cccc2Cl)cc1OC. The van der Waals surface area contributed by atoms with Crippen molar-refractivity contribution < 1.29 is 9.47 Å². The molecule has 2 rings (SSSR count). The summed E-state index contributed by atoms with van der Waals surface area (Å²) in [6.07, 6.45) is 2.53. The van der Waals surface area contributed by atoms with Crippen molar-refractivity contribution in [2.24, 2.45) is 5.10 Å². The van der Waals surface area contributed by atoms with E-state index in [4.69, 9.17) is 44.3 Å². The van der Waals surface area contributed by atoms with Gasteiger partial charge in [-0.05, 0) is 36.2 Å². The number of rotatable bonds is 8. The molecule has 0 radical (unpaired) electrons. The van der Waals surface area contributed by atoms with Gasteiger partial charge in [-0.15, -0.1) is 0 Å². The molecular weight excluding hydrogens is 383 g/mol. The van der Waals surface area contributed by atoms with Gasteiger partial charge >= 0.3 is 0 Å². The molecule has 0 atom stereocenters. The first-order valence-electron chi connectivity index (χ1n) is 7.76. The van der Waals surface area contributed by atoms with Gasteiger partial charge in [0, 0.05) is 15.6 Å². The molecule has 2 aromatic carbocycles. The van der Waals surface area contributed by atoms with E-state index in [1.807, 2.05) is 13.0 Å². The Bertz CT molecular complexity index is 731. The van der Waals surface area contributed by atoms with E-state index in [9.17, 15) is 0 Å². The zero-order chi connectivity index (χ0) is 18.2. The van der Waals surface area contributed by atoms with Gasteiger partial charge < -0.3 is 14.9 Å². The summed E-state index contributed by atoms with van der Waals surface area (Å²) in [7, 11) is 1.57. The van der Waals surface area contributed by atoms with Crippen LogP contribution in [0.15, 0.2) is 35.4 Å².